The monoisotopic (exact) mass is 236 g/mol. The third-order valence-electron chi connectivity index (χ3n) is 5.54. The van der Waals surface area contributed by atoms with E-state index in [1.165, 1.54) is 65.0 Å². The van der Waals surface area contributed by atoms with Crippen molar-refractivity contribution in [1.29, 1.82) is 0 Å². The summed E-state index contributed by atoms with van der Waals surface area (Å²) in [5.74, 6) is 1.74. The molecule has 96 valence electrons. The number of fused-ring (bicyclic) bond motifs is 6. The van der Waals surface area contributed by atoms with E-state index in [4.69, 9.17) is 4.74 Å². The number of rotatable bonds is 2. The van der Waals surface area contributed by atoms with E-state index < -0.39 is 0 Å². The van der Waals surface area contributed by atoms with Crippen LogP contribution in [0.25, 0.3) is 0 Å². The summed E-state index contributed by atoms with van der Waals surface area (Å²) in [4.78, 5) is 5.21. The molecule has 3 nitrogen and oxygen atoms in total. The van der Waals surface area contributed by atoms with Crippen LogP contribution in [0.4, 0.5) is 0 Å². The van der Waals surface area contributed by atoms with Crippen LogP contribution in [0.5, 0.6) is 0 Å². The lowest BCUT2D eigenvalue weighted by Gasteiger charge is -2.50. The molecule has 6 saturated heterocycles. The Morgan fingerprint density at radius 2 is 1.06 bits per heavy atom. The molecule has 6 heterocycles. The second-order valence-electron chi connectivity index (χ2n) is 6.49. The maximum absolute atomic E-state index is 6.52. The highest BCUT2D eigenvalue weighted by Gasteiger charge is 2.40. The minimum absolute atomic E-state index is 0.558. The molecule has 0 aromatic carbocycles. The molecule has 2 atom stereocenters. The van der Waals surface area contributed by atoms with Crippen molar-refractivity contribution >= 4 is 0 Å². The fraction of sp³-hybridized carbons (Fsp3) is 1.00. The van der Waals surface area contributed by atoms with Gasteiger partial charge in [0.15, 0.2) is 0 Å². The minimum atomic E-state index is 0.558. The van der Waals surface area contributed by atoms with Gasteiger partial charge >= 0.3 is 0 Å². The molecule has 4 bridgehead atoms. The third-order valence-corrected chi connectivity index (χ3v) is 5.54. The smallest absolute Gasteiger partial charge is 0.0735 e. The Balaban J connectivity index is 1.41. The van der Waals surface area contributed by atoms with Crippen LogP contribution >= 0.6 is 0 Å². The van der Waals surface area contributed by atoms with Crippen LogP contribution in [0.15, 0.2) is 0 Å². The van der Waals surface area contributed by atoms with Crippen molar-refractivity contribution in [2.45, 2.75) is 37.9 Å². The summed E-state index contributed by atoms with van der Waals surface area (Å²) in [5, 5.41) is 0. The standard InChI is InChI=1S/C14H24N2O/c1-5-15-6-2-11(1)13(9-15)17-14-10-16-7-3-12(14)4-8-16/h11-14H,1-10H2. The van der Waals surface area contributed by atoms with Crippen molar-refractivity contribution in [2.75, 3.05) is 39.3 Å². The molecule has 0 aliphatic carbocycles. The molecule has 0 aromatic rings. The van der Waals surface area contributed by atoms with Crippen LogP contribution in [-0.2, 0) is 4.74 Å². The average molecular weight is 236 g/mol. The zero-order chi connectivity index (χ0) is 11.2. The van der Waals surface area contributed by atoms with E-state index in [0.717, 1.165) is 11.8 Å². The van der Waals surface area contributed by atoms with E-state index in [1.807, 2.05) is 0 Å². The van der Waals surface area contributed by atoms with E-state index in [9.17, 15) is 0 Å². The minimum Gasteiger partial charge on any atom is -0.372 e. The Bertz CT molecular complexity index is 252. The van der Waals surface area contributed by atoms with Gasteiger partial charge in [-0.1, -0.05) is 0 Å². The molecule has 6 aliphatic rings. The molecule has 0 spiro atoms. The van der Waals surface area contributed by atoms with E-state index in [0.29, 0.717) is 12.2 Å². The average Bonchev–Trinajstić information content (AvgIpc) is 2.41. The lowest BCUT2D eigenvalue weighted by Crippen LogP contribution is -2.57. The number of ether oxygens (including phenoxy) is 1. The van der Waals surface area contributed by atoms with Gasteiger partial charge in [0.05, 0.1) is 12.2 Å². The zero-order valence-corrected chi connectivity index (χ0v) is 10.7. The molecular formula is C14H24N2O. The van der Waals surface area contributed by atoms with Gasteiger partial charge in [0.1, 0.15) is 0 Å². The van der Waals surface area contributed by atoms with Gasteiger partial charge in [-0.2, -0.15) is 0 Å². The maximum atomic E-state index is 6.52. The van der Waals surface area contributed by atoms with Crippen molar-refractivity contribution in [2.24, 2.45) is 11.8 Å². The summed E-state index contributed by atoms with van der Waals surface area (Å²) in [5.41, 5.74) is 0. The first-order chi connectivity index (χ1) is 8.38. The summed E-state index contributed by atoms with van der Waals surface area (Å²) >= 11 is 0. The lowest BCUT2D eigenvalue weighted by molar-refractivity contribution is -0.149. The van der Waals surface area contributed by atoms with Crippen LogP contribution in [0.3, 0.4) is 0 Å². The fourth-order valence-corrected chi connectivity index (χ4v) is 4.35. The van der Waals surface area contributed by atoms with E-state index in [-0.39, 0.29) is 0 Å². The SMILES string of the molecule is C1CN2CCC1C(OC1CN3CCC1CC3)C2. The molecular weight excluding hydrogens is 212 g/mol. The Labute approximate surface area is 104 Å². The molecule has 0 N–H and O–H groups in total. The number of hydrogen-bond acceptors (Lipinski definition) is 3. The van der Waals surface area contributed by atoms with Gasteiger partial charge in [-0.05, 0) is 63.7 Å². The molecule has 6 aliphatic heterocycles. The summed E-state index contributed by atoms with van der Waals surface area (Å²) in [7, 11) is 0. The van der Waals surface area contributed by atoms with Crippen LogP contribution in [-0.4, -0.2) is 61.3 Å². The lowest BCUT2D eigenvalue weighted by atomic mass is 9.83. The Hall–Kier alpha value is -0.120. The topological polar surface area (TPSA) is 15.7 Å². The molecule has 0 radical (unpaired) electrons. The molecule has 0 saturated carbocycles. The predicted octanol–water partition coefficient (Wildman–Crippen LogP) is 1.19. The number of hydrogen-bond donors (Lipinski definition) is 0. The number of nitrogens with zero attached hydrogens (tertiary/aromatic N) is 2. The Morgan fingerprint density at radius 1 is 0.647 bits per heavy atom. The molecule has 2 unspecified atom stereocenters. The van der Waals surface area contributed by atoms with Crippen molar-refractivity contribution in [1.82, 2.24) is 9.80 Å². The summed E-state index contributed by atoms with van der Waals surface area (Å²) in [6.45, 7) is 7.73. The first-order valence-corrected chi connectivity index (χ1v) is 7.48. The van der Waals surface area contributed by atoms with Gasteiger partial charge < -0.3 is 14.5 Å². The van der Waals surface area contributed by atoms with Crippen LogP contribution in [0.2, 0.25) is 0 Å². The molecule has 0 amide bonds. The highest BCUT2D eigenvalue weighted by molar-refractivity contribution is 4.92. The van der Waals surface area contributed by atoms with Crippen molar-refractivity contribution in [3.8, 4) is 0 Å². The highest BCUT2D eigenvalue weighted by Crippen LogP contribution is 2.35. The van der Waals surface area contributed by atoms with Gasteiger partial charge in [-0.25, -0.2) is 0 Å². The number of piperidine rings is 6. The molecule has 6 fully saturated rings. The summed E-state index contributed by atoms with van der Waals surface area (Å²) in [6, 6.07) is 0. The maximum Gasteiger partial charge on any atom is 0.0735 e. The quantitative estimate of drug-likeness (QED) is 0.716. The summed E-state index contributed by atoms with van der Waals surface area (Å²) < 4.78 is 6.52. The van der Waals surface area contributed by atoms with Crippen LogP contribution in [0.1, 0.15) is 25.7 Å². The molecule has 6 rings (SSSR count). The highest BCUT2D eigenvalue weighted by atomic mass is 16.5. The second-order valence-corrected chi connectivity index (χ2v) is 6.49. The van der Waals surface area contributed by atoms with Crippen LogP contribution in [0, 0.1) is 11.8 Å². The molecule has 0 aromatic heterocycles. The first-order valence-electron chi connectivity index (χ1n) is 7.48. The van der Waals surface area contributed by atoms with Gasteiger partial charge in [-0.15, -0.1) is 0 Å². The Morgan fingerprint density at radius 3 is 1.35 bits per heavy atom. The van der Waals surface area contributed by atoms with E-state index in [2.05, 4.69) is 9.80 Å². The first kappa shape index (κ1) is 10.8. The van der Waals surface area contributed by atoms with Crippen molar-refractivity contribution in [3.63, 3.8) is 0 Å². The molecule has 17 heavy (non-hydrogen) atoms. The normalized spacial score (nSPS) is 52.9. The third kappa shape index (κ3) is 1.92. The molecule has 3 heteroatoms. The fourth-order valence-electron chi connectivity index (χ4n) is 4.35. The van der Waals surface area contributed by atoms with Gasteiger partial charge in [0.25, 0.3) is 0 Å². The van der Waals surface area contributed by atoms with Crippen molar-refractivity contribution < 1.29 is 4.74 Å². The van der Waals surface area contributed by atoms with E-state index in [1.54, 1.807) is 0 Å². The van der Waals surface area contributed by atoms with Gasteiger partial charge in [0.2, 0.25) is 0 Å². The van der Waals surface area contributed by atoms with Crippen LogP contribution < -0.4 is 0 Å². The largest absolute Gasteiger partial charge is 0.372 e. The van der Waals surface area contributed by atoms with Crippen molar-refractivity contribution in [3.05, 3.63) is 0 Å². The van der Waals surface area contributed by atoms with Gasteiger partial charge in [-0.3, -0.25) is 0 Å². The Kier molecular flexibility index (Phi) is 2.67. The summed E-state index contributed by atoms with van der Waals surface area (Å²) in [6.07, 6.45) is 6.64. The predicted molar refractivity (Wildman–Crippen MR) is 67.0 cm³/mol. The second kappa shape index (κ2) is 4.22. The zero-order valence-electron chi connectivity index (χ0n) is 10.7. The van der Waals surface area contributed by atoms with E-state index >= 15 is 0 Å². The van der Waals surface area contributed by atoms with Gasteiger partial charge in [0, 0.05) is 13.1 Å².